The summed E-state index contributed by atoms with van der Waals surface area (Å²) in [7, 11) is -3.94. The van der Waals surface area contributed by atoms with Gasteiger partial charge in [-0.1, -0.05) is 47.5 Å². The lowest BCUT2D eigenvalue weighted by molar-refractivity contribution is -0.118. The molecule has 0 radical (unpaired) electrons. The fraction of sp³-hybridized carbons (Fsp3) is 0.200. The Labute approximate surface area is 226 Å². The first-order valence-electron chi connectivity index (χ1n) is 11.0. The lowest BCUT2D eigenvalue weighted by Gasteiger charge is -2.30. The monoisotopic (exact) mass is 566 g/mol. The molecule has 4 rings (SSSR count). The number of anilines is 2. The van der Waals surface area contributed by atoms with E-state index in [-0.39, 0.29) is 39.1 Å². The highest BCUT2D eigenvalue weighted by Crippen LogP contribution is 2.32. The Morgan fingerprint density at radius 3 is 2.47 bits per heavy atom. The summed E-state index contributed by atoms with van der Waals surface area (Å²) in [6, 6.07) is 16.7. The Morgan fingerprint density at radius 2 is 1.78 bits per heavy atom. The van der Waals surface area contributed by atoms with Crippen LogP contribution in [0.15, 0.2) is 65.6 Å². The van der Waals surface area contributed by atoms with Gasteiger partial charge in [-0.2, -0.15) is 0 Å². The molecule has 1 aliphatic rings. The maximum absolute atomic E-state index is 13.0. The van der Waals surface area contributed by atoms with Crippen molar-refractivity contribution in [1.29, 1.82) is 5.41 Å². The molecule has 0 aliphatic carbocycles. The fourth-order valence-electron chi connectivity index (χ4n) is 4.05. The number of rotatable bonds is 7. The molecule has 190 valence electrons. The van der Waals surface area contributed by atoms with Crippen molar-refractivity contribution in [1.82, 2.24) is 0 Å². The van der Waals surface area contributed by atoms with E-state index in [0.29, 0.717) is 30.6 Å². The molecule has 0 bridgehead atoms. The number of carbonyl (C=O) groups excluding carboxylic acids is 1. The molecule has 7 nitrogen and oxygen atoms in total. The van der Waals surface area contributed by atoms with Gasteiger partial charge in [-0.15, -0.1) is 12.4 Å². The molecule has 1 heterocycles. The van der Waals surface area contributed by atoms with Crippen molar-refractivity contribution in [3.8, 4) is 0 Å². The summed E-state index contributed by atoms with van der Waals surface area (Å²) in [5, 5.41) is 7.82. The molecule has 4 N–H and O–H groups in total. The van der Waals surface area contributed by atoms with Crippen molar-refractivity contribution in [3.05, 3.63) is 87.4 Å². The van der Waals surface area contributed by atoms with Gasteiger partial charge in [0.05, 0.1) is 5.02 Å². The van der Waals surface area contributed by atoms with E-state index in [0.717, 1.165) is 29.7 Å². The lowest BCUT2D eigenvalue weighted by atomic mass is 10.00. The summed E-state index contributed by atoms with van der Waals surface area (Å²) in [6.45, 7) is 0.609. The molecular weight excluding hydrogens is 543 g/mol. The lowest BCUT2D eigenvalue weighted by Crippen LogP contribution is -2.35. The molecule has 0 saturated heterocycles. The number of halogens is 3. The van der Waals surface area contributed by atoms with Gasteiger partial charge in [0.25, 0.3) is 10.0 Å². The SMILES string of the molecule is Cl.N=C(N)c1ccc(CCC(=O)N2CCCc3cc(NS(=O)(=O)c4cc(Cl)ccc4Cl)ccc32)cc1. The first-order valence-corrected chi connectivity index (χ1v) is 13.2. The first kappa shape index (κ1) is 27.8. The van der Waals surface area contributed by atoms with E-state index in [2.05, 4.69) is 4.72 Å². The van der Waals surface area contributed by atoms with Crippen LogP contribution in [0.25, 0.3) is 0 Å². The van der Waals surface area contributed by atoms with Crippen molar-refractivity contribution in [2.75, 3.05) is 16.2 Å². The minimum atomic E-state index is -3.94. The van der Waals surface area contributed by atoms with Crippen LogP contribution in [0.2, 0.25) is 10.0 Å². The average Bonchev–Trinajstić information content (AvgIpc) is 2.83. The molecule has 36 heavy (non-hydrogen) atoms. The van der Waals surface area contributed by atoms with Gasteiger partial charge in [0.2, 0.25) is 5.91 Å². The van der Waals surface area contributed by atoms with Gasteiger partial charge in [0.1, 0.15) is 10.7 Å². The van der Waals surface area contributed by atoms with Crippen molar-refractivity contribution in [3.63, 3.8) is 0 Å². The van der Waals surface area contributed by atoms with Gasteiger partial charge in [0, 0.05) is 34.9 Å². The van der Waals surface area contributed by atoms with E-state index < -0.39 is 10.0 Å². The summed E-state index contributed by atoms with van der Waals surface area (Å²) < 4.78 is 28.3. The second-order valence-corrected chi connectivity index (χ2v) is 10.8. The summed E-state index contributed by atoms with van der Waals surface area (Å²) in [5.74, 6) is 0.00973. The number of fused-ring (bicyclic) bond motifs is 1. The van der Waals surface area contributed by atoms with Gasteiger partial charge in [-0.25, -0.2) is 8.42 Å². The molecule has 1 aliphatic heterocycles. The molecule has 0 fully saturated rings. The number of hydrogen-bond donors (Lipinski definition) is 3. The normalized spacial score (nSPS) is 12.9. The molecule has 0 saturated carbocycles. The Bertz CT molecular complexity index is 1400. The minimum Gasteiger partial charge on any atom is -0.384 e. The summed E-state index contributed by atoms with van der Waals surface area (Å²) >= 11 is 12.0. The molecular formula is C25H25Cl3N4O3S. The number of sulfonamides is 1. The van der Waals surface area contributed by atoms with Gasteiger partial charge in [0.15, 0.2) is 0 Å². The number of amides is 1. The van der Waals surface area contributed by atoms with E-state index in [9.17, 15) is 13.2 Å². The second-order valence-electron chi connectivity index (χ2n) is 8.28. The highest BCUT2D eigenvalue weighted by molar-refractivity contribution is 7.92. The molecule has 1 amide bonds. The number of nitrogens with two attached hydrogens (primary N) is 1. The van der Waals surface area contributed by atoms with Crippen LogP contribution < -0.4 is 15.4 Å². The Balaban J connectivity index is 0.00000361. The van der Waals surface area contributed by atoms with Crippen LogP contribution >= 0.6 is 35.6 Å². The summed E-state index contributed by atoms with van der Waals surface area (Å²) in [4.78, 5) is 14.7. The molecule has 3 aromatic carbocycles. The number of carbonyl (C=O) groups is 1. The molecule has 11 heteroatoms. The maximum atomic E-state index is 13.0. The van der Waals surface area contributed by atoms with Gasteiger partial charge >= 0.3 is 0 Å². The van der Waals surface area contributed by atoms with E-state index in [4.69, 9.17) is 34.3 Å². The summed E-state index contributed by atoms with van der Waals surface area (Å²) in [5.41, 5.74) is 9.20. The predicted molar refractivity (Wildman–Crippen MR) is 147 cm³/mol. The zero-order valence-electron chi connectivity index (χ0n) is 19.1. The van der Waals surface area contributed by atoms with Crippen LogP contribution in [0.4, 0.5) is 11.4 Å². The third kappa shape index (κ3) is 6.31. The third-order valence-corrected chi connectivity index (χ3v) is 7.92. The van der Waals surface area contributed by atoms with Gasteiger partial charge < -0.3 is 10.6 Å². The second kappa shape index (κ2) is 11.5. The predicted octanol–water partition coefficient (Wildman–Crippen LogP) is 5.41. The molecule has 0 atom stereocenters. The zero-order chi connectivity index (χ0) is 25.2. The van der Waals surface area contributed by atoms with E-state index in [1.165, 1.54) is 18.2 Å². The number of benzene rings is 3. The Morgan fingerprint density at radius 1 is 1.06 bits per heavy atom. The van der Waals surface area contributed by atoms with Crippen LogP contribution in [-0.4, -0.2) is 26.7 Å². The smallest absolute Gasteiger partial charge is 0.263 e. The Hall–Kier alpha value is -2.78. The number of nitrogens with zero attached hydrogens (tertiary/aromatic N) is 1. The number of nitrogens with one attached hydrogen (secondary N) is 2. The number of hydrogen-bond acceptors (Lipinski definition) is 4. The van der Waals surface area contributed by atoms with E-state index in [1.54, 1.807) is 35.2 Å². The topological polar surface area (TPSA) is 116 Å². The zero-order valence-corrected chi connectivity index (χ0v) is 22.3. The highest BCUT2D eigenvalue weighted by Gasteiger charge is 2.24. The number of amidine groups is 1. The number of nitrogen functional groups attached to an aromatic ring is 1. The first-order chi connectivity index (χ1) is 16.6. The highest BCUT2D eigenvalue weighted by atomic mass is 35.5. The van der Waals surface area contributed by atoms with Gasteiger partial charge in [-0.3, -0.25) is 14.9 Å². The maximum Gasteiger partial charge on any atom is 0.263 e. The van der Waals surface area contributed by atoms with E-state index in [1.807, 2.05) is 12.1 Å². The van der Waals surface area contributed by atoms with Crippen LogP contribution in [0, 0.1) is 5.41 Å². The van der Waals surface area contributed by atoms with Crippen molar-refractivity contribution >= 4 is 68.7 Å². The Kier molecular flexibility index (Phi) is 8.89. The van der Waals surface area contributed by atoms with Crippen LogP contribution in [0.5, 0.6) is 0 Å². The quantitative estimate of drug-likeness (QED) is 0.261. The van der Waals surface area contributed by atoms with Crippen molar-refractivity contribution < 1.29 is 13.2 Å². The van der Waals surface area contributed by atoms with E-state index >= 15 is 0 Å². The average molecular weight is 568 g/mol. The van der Waals surface area contributed by atoms with Crippen LogP contribution in [0.3, 0.4) is 0 Å². The van der Waals surface area contributed by atoms with Crippen LogP contribution in [0.1, 0.15) is 29.5 Å². The third-order valence-electron chi connectivity index (χ3n) is 5.83. The van der Waals surface area contributed by atoms with Crippen molar-refractivity contribution in [2.24, 2.45) is 5.73 Å². The fourth-order valence-corrected chi connectivity index (χ4v) is 5.86. The van der Waals surface area contributed by atoms with Gasteiger partial charge in [-0.05, 0) is 66.8 Å². The molecule has 0 aromatic heterocycles. The largest absolute Gasteiger partial charge is 0.384 e. The minimum absolute atomic E-state index is 0. The number of aryl methyl sites for hydroxylation is 2. The molecule has 0 spiro atoms. The van der Waals surface area contributed by atoms with Crippen LogP contribution in [-0.2, 0) is 27.7 Å². The summed E-state index contributed by atoms with van der Waals surface area (Å²) in [6.07, 6.45) is 2.42. The molecule has 0 unspecified atom stereocenters. The molecule has 3 aromatic rings. The van der Waals surface area contributed by atoms with Crippen molar-refractivity contribution in [2.45, 2.75) is 30.6 Å². The standard InChI is InChI=1S/C25H24Cl2N4O3S.ClH/c26-19-8-10-21(27)23(15-19)35(33,34)30-20-9-11-22-18(14-20)2-1-13-31(22)24(32)12-5-16-3-6-17(7-4-16)25(28)29;/h3-4,6-11,14-15,30H,1-2,5,12-13H2,(H3,28,29);1H.